The zero-order valence-electron chi connectivity index (χ0n) is 11.0. The predicted octanol–water partition coefficient (Wildman–Crippen LogP) is 1.20. The molecule has 0 bridgehead atoms. The number of nitrogens with two attached hydrogens (primary N) is 1. The molecule has 0 radical (unpaired) electrons. The molecule has 20 heavy (non-hydrogen) atoms. The lowest BCUT2D eigenvalue weighted by Gasteiger charge is -1.94. The van der Waals surface area contributed by atoms with Crippen LogP contribution in [0.25, 0.3) is 11.4 Å². The summed E-state index contributed by atoms with van der Waals surface area (Å²) in [4.78, 5) is 8.75. The Kier molecular flexibility index (Phi) is 3.26. The number of nitrogens with zero attached hydrogens (tertiary/aromatic N) is 4. The molecule has 1 unspecified atom stereocenters. The van der Waals surface area contributed by atoms with Gasteiger partial charge in [0, 0.05) is 5.56 Å². The number of aromatic amines is 2. The van der Waals surface area contributed by atoms with Crippen molar-refractivity contribution in [2.24, 2.45) is 5.73 Å². The Morgan fingerprint density at radius 1 is 1.05 bits per heavy atom. The molecule has 3 aromatic rings. The number of nitrogens with one attached hydrogen (secondary N) is 2. The van der Waals surface area contributed by atoms with E-state index >= 15 is 0 Å². The van der Waals surface area contributed by atoms with Crippen molar-refractivity contribution >= 4 is 0 Å². The van der Waals surface area contributed by atoms with Gasteiger partial charge in [-0.1, -0.05) is 30.3 Å². The van der Waals surface area contributed by atoms with Gasteiger partial charge < -0.3 is 5.73 Å². The summed E-state index contributed by atoms with van der Waals surface area (Å²) >= 11 is 0. The van der Waals surface area contributed by atoms with E-state index in [1.54, 1.807) is 0 Å². The maximum atomic E-state index is 5.72. The largest absolute Gasteiger partial charge is 0.321 e. The topological polar surface area (TPSA) is 109 Å². The van der Waals surface area contributed by atoms with E-state index in [0.29, 0.717) is 23.9 Å². The van der Waals surface area contributed by atoms with Crippen LogP contribution in [-0.4, -0.2) is 30.4 Å². The van der Waals surface area contributed by atoms with Crippen LogP contribution < -0.4 is 5.73 Å². The van der Waals surface area contributed by atoms with E-state index in [-0.39, 0.29) is 6.04 Å². The first-order chi connectivity index (χ1) is 9.72. The van der Waals surface area contributed by atoms with Crippen molar-refractivity contribution < 1.29 is 0 Å². The summed E-state index contributed by atoms with van der Waals surface area (Å²) in [7, 11) is 0. The second-order valence-corrected chi connectivity index (χ2v) is 4.58. The predicted molar refractivity (Wildman–Crippen MR) is 73.6 cm³/mol. The Labute approximate surface area is 115 Å². The van der Waals surface area contributed by atoms with Gasteiger partial charge in [0.25, 0.3) is 0 Å². The summed E-state index contributed by atoms with van der Waals surface area (Å²) in [6, 6.07) is 9.62. The molecule has 2 heterocycles. The highest BCUT2D eigenvalue weighted by Gasteiger charge is 2.10. The molecular formula is C13H15N7. The SMILES string of the molecule is CC(N)c1n[nH]c(Cc2nc(-c3ccccc3)n[nH]2)n1. The minimum Gasteiger partial charge on any atom is -0.321 e. The molecule has 1 atom stereocenters. The van der Waals surface area contributed by atoms with Crippen LogP contribution in [0.1, 0.15) is 30.4 Å². The Balaban J connectivity index is 1.77. The molecule has 0 fully saturated rings. The van der Waals surface area contributed by atoms with Gasteiger partial charge in [0.15, 0.2) is 11.6 Å². The first-order valence-corrected chi connectivity index (χ1v) is 6.36. The number of aromatic nitrogens is 6. The van der Waals surface area contributed by atoms with Gasteiger partial charge in [-0.3, -0.25) is 10.2 Å². The zero-order chi connectivity index (χ0) is 13.9. The monoisotopic (exact) mass is 269 g/mol. The Hall–Kier alpha value is -2.54. The quantitative estimate of drug-likeness (QED) is 0.659. The summed E-state index contributed by atoms with van der Waals surface area (Å²) in [5.74, 6) is 2.72. The van der Waals surface area contributed by atoms with Crippen LogP contribution in [0.5, 0.6) is 0 Å². The lowest BCUT2D eigenvalue weighted by atomic mass is 10.2. The molecule has 0 aliphatic rings. The number of rotatable bonds is 4. The summed E-state index contributed by atoms with van der Waals surface area (Å²) in [6.45, 7) is 1.84. The van der Waals surface area contributed by atoms with Crippen LogP contribution in [0.2, 0.25) is 0 Å². The first kappa shape index (κ1) is 12.5. The molecule has 0 aliphatic heterocycles. The molecule has 7 heteroatoms. The van der Waals surface area contributed by atoms with Gasteiger partial charge in [-0.05, 0) is 6.92 Å². The summed E-state index contributed by atoms with van der Waals surface area (Å²) in [5, 5.41) is 14.0. The molecule has 2 aromatic heterocycles. The zero-order valence-corrected chi connectivity index (χ0v) is 11.0. The van der Waals surface area contributed by atoms with Crippen molar-refractivity contribution in [1.82, 2.24) is 30.4 Å². The Bertz CT molecular complexity index is 684. The van der Waals surface area contributed by atoms with Crippen LogP contribution >= 0.6 is 0 Å². The van der Waals surface area contributed by atoms with Crippen molar-refractivity contribution in [2.75, 3.05) is 0 Å². The highest BCUT2D eigenvalue weighted by Crippen LogP contribution is 2.14. The minimum absolute atomic E-state index is 0.186. The molecule has 0 amide bonds. The molecule has 0 saturated carbocycles. The summed E-state index contributed by atoms with van der Waals surface area (Å²) in [6.07, 6.45) is 0.513. The molecule has 1 aromatic carbocycles. The maximum Gasteiger partial charge on any atom is 0.181 e. The highest BCUT2D eigenvalue weighted by molar-refractivity contribution is 5.53. The van der Waals surface area contributed by atoms with E-state index in [9.17, 15) is 0 Å². The fourth-order valence-corrected chi connectivity index (χ4v) is 1.84. The molecule has 7 nitrogen and oxygen atoms in total. The lowest BCUT2D eigenvalue weighted by molar-refractivity contribution is 0.744. The van der Waals surface area contributed by atoms with Crippen molar-refractivity contribution in [3.63, 3.8) is 0 Å². The molecule has 3 rings (SSSR count). The van der Waals surface area contributed by atoms with Gasteiger partial charge >= 0.3 is 0 Å². The fraction of sp³-hybridized carbons (Fsp3) is 0.231. The average molecular weight is 269 g/mol. The first-order valence-electron chi connectivity index (χ1n) is 6.36. The van der Waals surface area contributed by atoms with E-state index in [2.05, 4.69) is 30.4 Å². The second kappa shape index (κ2) is 5.22. The van der Waals surface area contributed by atoms with Crippen molar-refractivity contribution in [3.8, 4) is 11.4 Å². The lowest BCUT2D eigenvalue weighted by Crippen LogP contribution is -2.07. The van der Waals surface area contributed by atoms with E-state index in [1.807, 2.05) is 37.3 Å². The van der Waals surface area contributed by atoms with Crippen LogP contribution in [-0.2, 0) is 6.42 Å². The normalized spacial score (nSPS) is 12.5. The van der Waals surface area contributed by atoms with Gasteiger partial charge in [0.2, 0.25) is 0 Å². The minimum atomic E-state index is -0.186. The van der Waals surface area contributed by atoms with Gasteiger partial charge in [-0.25, -0.2) is 9.97 Å². The Morgan fingerprint density at radius 2 is 1.75 bits per heavy atom. The fourth-order valence-electron chi connectivity index (χ4n) is 1.84. The molecule has 0 spiro atoms. The third kappa shape index (κ3) is 2.57. The van der Waals surface area contributed by atoms with E-state index < -0.39 is 0 Å². The van der Waals surface area contributed by atoms with Crippen LogP contribution in [0.4, 0.5) is 0 Å². The number of hydrogen-bond donors (Lipinski definition) is 3. The summed E-state index contributed by atoms with van der Waals surface area (Å²) in [5.41, 5.74) is 6.70. The number of hydrogen-bond acceptors (Lipinski definition) is 5. The van der Waals surface area contributed by atoms with Gasteiger partial charge in [-0.15, -0.1) is 0 Å². The van der Waals surface area contributed by atoms with Gasteiger partial charge in [0.1, 0.15) is 11.6 Å². The van der Waals surface area contributed by atoms with Crippen LogP contribution in [0, 0.1) is 0 Å². The van der Waals surface area contributed by atoms with E-state index in [0.717, 1.165) is 11.4 Å². The van der Waals surface area contributed by atoms with Crippen LogP contribution in [0.3, 0.4) is 0 Å². The highest BCUT2D eigenvalue weighted by atomic mass is 15.2. The molecule has 0 aliphatic carbocycles. The van der Waals surface area contributed by atoms with Crippen molar-refractivity contribution in [2.45, 2.75) is 19.4 Å². The molecule has 4 N–H and O–H groups in total. The van der Waals surface area contributed by atoms with E-state index in [1.165, 1.54) is 0 Å². The number of benzene rings is 1. The van der Waals surface area contributed by atoms with Gasteiger partial charge in [-0.2, -0.15) is 10.2 Å². The third-order valence-corrected chi connectivity index (χ3v) is 2.85. The molecule has 102 valence electrons. The maximum absolute atomic E-state index is 5.72. The molecular weight excluding hydrogens is 254 g/mol. The third-order valence-electron chi connectivity index (χ3n) is 2.85. The Morgan fingerprint density at radius 3 is 2.45 bits per heavy atom. The van der Waals surface area contributed by atoms with Crippen molar-refractivity contribution in [3.05, 3.63) is 47.8 Å². The smallest absolute Gasteiger partial charge is 0.181 e. The average Bonchev–Trinajstić information content (AvgIpc) is 3.10. The van der Waals surface area contributed by atoms with Crippen molar-refractivity contribution in [1.29, 1.82) is 0 Å². The van der Waals surface area contributed by atoms with Gasteiger partial charge in [0.05, 0.1) is 12.5 Å². The summed E-state index contributed by atoms with van der Waals surface area (Å²) < 4.78 is 0. The molecule has 0 saturated heterocycles. The second-order valence-electron chi connectivity index (χ2n) is 4.58. The van der Waals surface area contributed by atoms with E-state index in [4.69, 9.17) is 5.73 Å². The standard InChI is InChI=1S/C13H15N7/c1-8(14)12-15-10(17-19-12)7-11-16-13(20-18-11)9-5-3-2-4-6-9/h2-6,8H,7,14H2,1H3,(H,15,17,19)(H,16,18,20). The van der Waals surface area contributed by atoms with Crippen LogP contribution in [0.15, 0.2) is 30.3 Å². The number of H-pyrrole nitrogens is 2.